The lowest BCUT2D eigenvalue weighted by Gasteiger charge is -2.21. The number of fused-ring (bicyclic) bond motifs is 1. The molecule has 1 amide bonds. The molecule has 1 unspecified atom stereocenters. The van der Waals surface area contributed by atoms with Crippen molar-refractivity contribution in [1.82, 2.24) is 0 Å². The van der Waals surface area contributed by atoms with Gasteiger partial charge in [-0.3, -0.25) is 4.79 Å². The highest BCUT2D eigenvalue weighted by Crippen LogP contribution is 2.54. The van der Waals surface area contributed by atoms with Gasteiger partial charge < -0.3 is 14.4 Å². The van der Waals surface area contributed by atoms with Crippen molar-refractivity contribution in [2.45, 2.75) is 6.10 Å². The van der Waals surface area contributed by atoms with Crippen molar-refractivity contribution < 1.29 is 22.9 Å². The predicted octanol–water partition coefficient (Wildman–Crippen LogP) is 4.96. The van der Waals surface area contributed by atoms with E-state index in [-0.39, 0.29) is 0 Å². The lowest BCUT2D eigenvalue weighted by atomic mass is 10.1. The third-order valence-corrected chi connectivity index (χ3v) is 5.23. The highest BCUT2D eigenvalue weighted by molar-refractivity contribution is 7.49. The Morgan fingerprint density at radius 1 is 0.741 bits per heavy atom. The molecule has 136 valence electrons. The van der Waals surface area contributed by atoms with E-state index in [0.29, 0.717) is 22.7 Å². The lowest BCUT2D eigenvalue weighted by molar-refractivity contribution is -0.122. The summed E-state index contributed by atoms with van der Waals surface area (Å²) in [6, 6.07) is 24.1. The SMILES string of the molecule is O=C1Nc2ccccc2C1OP(=O)(Oc1ccccc1)Oc1ccccc1. The summed E-state index contributed by atoms with van der Waals surface area (Å²) >= 11 is 0. The number of carbonyl (C=O) groups is 1. The van der Waals surface area contributed by atoms with Crippen molar-refractivity contribution in [3.05, 3.63) is 90.5 Å². The molecular formula is C20H16NO5P. The minimum Gasteiger partial charge on any atom is -0.395 e. The van der Waals surface area contributed by atoms with Crippen LogP contribution in [0.15, 0.2) is 84.9 Å². The standard InChI is InChI=1S/C20H16NO5P/c22-20-19(17-13-7-8-14-18(17)21-20)26-27(23,24-15-9-3-1-4-10-15)25-16-11-5-2-6-12-16/h1-14,19H,(H,21,22). The van der Waals surface area contributed by atoms with Crippen LogP contribution in [-0.2, 0) is 13.9 Å². The first kappa shape index (κ1) is 17.3. The minimum atomic E-state index is -4.17. The molecule has 1 N–H and O–H groups in total. The van der Waals surface area contributed by atoms with Crippen LogP contribution in [0.2, 0.25) is 0 Å². The third kappa shape index (κ3) is 3.87. The van der Waals surface area contributed by atoms with E-state index < -0.39 is 19.8 Å². The second kappa shape index (κ2) is 7.27. The van der Waals surface area contributed by atoms with Crippen molar-refractivity contribution in [3.8, 4) is 11.5 Å². The van der Waals surface area contributed by atoms with Crippen molar-refractivity contribution in [3.63, 3.8) is 0 Å². The fourth-order valence-electron chi connectivity index (χ4n) is 2.70. The molecule has 7 heteroatoms. The summed E-state index contributed by atoms with van der Waals surface area (Å²) in [5, 5.41) is 2.70. The fraction of sp³-hybridized carbons (Fsp3) is 0.0500. The van der Waals surface area contributed by atoms with Crippen LogP contribution in [0.25, 0.3) is 0 Å². The van der Waals surface area contributed by atoms with Crippen LogP contribution < -0.4 is 14.4 Å². The first-order valence-electron chi connectivity index (χ1n) is 8.30. The van der Waals surface area contributed by atoms with Gasteiger partial charge in [0.15, 0.2) is 6.10 Å². The van der Waals surface area contributed by atoms with Gasteiger partial charge in [0.05, 0.1) is 0 Å². The summed E-state index contributed by atoms with van der Waals surface area (Å²) in [5.74, 6) is 0.191. The van der Waals surface area contributed by atoms with Crippen molar-refractivity contribution in [1.29, 1.82) is 0 Å². The third-order valence-electron chi connectivity index (χ3n) is 3.89. The zero-order valence-corrected chi connectivity index (χ0v) is 15.0. The molecule has 0 bridgehead atoms. The van der Waals surface area contributed by atoms with E-state index in [0.717, 1.165) is 0 Å². The Bertz CT molecular complexity index is 948. The molecule has 0 aliphatic carbocycles. The molecule has 27 heavy (non-hydrogen) atoms. The number of amides is 1. The van der Waals surface area contributed by atoms with Crippen molar-refractivity contribution >= 4 is 19.4 Å². The summed E-state index contributed by atoms with van der Waals surface area (Å²) in [6.07, 6.45) is -1.10. The smallest absolute Gasteiger partial charge is 0.395 e. The molecule has 0 saturated heterocycles. The Morgan fingerprint density at radius 3 is 1.85 bits per heavy atom. The number of phosphoric ester groups is 1. The van der Waals surface area contributed by atoms with Gasteiger partial charge in [0.2, 0.25) is 0 Å². The molecule has 1 atom stereocenters. The number of nitrogens with one attached hydrogen (secondary N) is 1. The second-order valence-corrected chi connectivity index (χ2v) is 7.29. The van der Waals surface area contributed by atoms with Gasteiger partial charge in [-0.25, -0.2) is 9.09 Å². The molecule has 0 fully saturated rings. The number of hydrogen-bond donors (Lipinski definition) is 1. The van der Waals surface area contributed by atoms with Gasteiger partial charge in [-0.05, 0) is 30.3 Å². The topological polar surface area (TPSA) is 73.9 Å². The number of para-hydroxylation sites is 3. The molecule has 1 aliphatic rings. The number of anilines is 1. The number of phosphoric acid groups is 1. The number of benzene rings is 3. The van der Waals surface area contributed by atoms with Crippen molar-refractivity contribution in [2.24, 2.45) is 0 Å². The van der Waals surface area contributed by atoms with Crippen LogP contribution in [0.4, 0.5) is 5.69 Å². The first-order valence-corrected chi connectivity index (χ1v) is 9.77. The first-order chi connectivity index (χ1) is 13.1. The zero-order valence-electron chi connectivity index (χ0n) is 14.1. The molecule has 3 aromatic rings. The highest BCUT2D eigenvalue weighted by atomic mass is 31.2. The molecular weight excluding hydrogens is 365 g/mol. The molecule has 0 aromatic heterocycles. The van der Waals surface area contributed by atoms with Crippen molar-refractivity contribution in [2.75, 3.05) is 5.32 Å². The highest BCUT2D eigenvalue weighted by Gasteiger charge is 2.42. The summed E-state index contributed by atoms with van der Waals surface area (Å²) in [7, 11) is -4.17. The normalized spacial score (nSPS) is 15.7. The van der Waals surface area contributed by atoms with E-state index in [4.69, 9.17) is 13.6 Å². The van der Waals surface area contributed by atoms with E-state index in [9.17, 15) is 9.36 Å². The fourth-order valence-corrected chi connectivity index (χ4v) is 4.05. The van der Waals surface area contributed by atoms with Crippen LogP contribution in [0.3, 0.4) is 0 Å². The summed E-state index contributed by atoms with van der Waals surface area (Å²) in [5.41, 5.74) is 1.19. The summed E-state index contributed by atoms with van der Waals surface area (Å²) < 4.78 is 30.2. The maximum absolute atomic E-state index is 13.4. The van der Waals surface area contributed by atoms with Crippen LogP contribution >= 0.6 is 7.82 Å². The van der Waals surface area contributed by atoms with Gasteiger partial charge in [-0.2, -0.15) is 0 Å². The molecule has 6 nitrogen and oxygen atoms in total. The average molecular weight is 381 g/mol. The van der Waals surface area contributed by atoms with Gasteiger partial charge in [0.25, 0.3) is 5.91 Å². The van der Waals surface area contributed by atoms with Gasteiger partial charge >= 0.3 is 7.82 Å². The van der Waals surface area contributed by atoms with E-state index in [1.807, 2.05) is 0 Å². The maximum Gasteiger partial charge on any atom is 0.588 e. The Kier molecular flexibility index (Phi) is 4.67. The molecule has 4 rings (SSSR count). The lowest BCUT2D eigenvalue weighted by Crippen LogP contribution is -2.17. The minimum absolute atomic E-state index is 0.309. The Labute approximate surface area is 156 Å². The van der Waals surface area contributed by atoms with E-state index >= 15 is 0 Å². The Morgan fingerprint density at radius 2 is 1.26 bits per heavy atom. The maximum atomic E-state index is 13.4. The predicted molar refractivity (Wildman–Crippen MR) is 101 cm³/mol. The van der Waals surface area contributed by atoms with Crippen LogP contribution in [-0.4, -0.2) is 5.91 Å². The van der Waals surface area contributed by atoms with E-state index in [2.05, 4.69) is 5.32 Å². The summed E-state index contributed by atoms with van der Waals surface area (Å²) in [6.45, 7) is 0. The van der Waals surface area contributed by atoms with Gasteiger partial charge in [0, 0.05) is 11.3 Å². The Hall–Kier alpha value is -3.08. The zero-order chi connectivity index (χ0) is 18.7. The number of carbonyl (C=O) groups excluding carboxylic acids is 1. The van der Waals surface area contributed by atoms with E-state index in [1.165, 1.54) is 0 Å². The molecule has 0 saturated carbocycles. The largest absolute Gasteiger partial charge is 0.588 e. The van der Waals surface area contributed by atoms with Gasteiger partial charge in [0.1, 0.15) is 11.5 Å². The van der Waals surface area contributed by atoms with Gasteiger partial charge in [-0.1, -0.05) is 54.6 Å². The Balaban J connectivity index is 1.65. The van der Waals surface area contributed by atoms with Crippen LogP contribution in [0.5, 0.6) is 11.5 Å². The number of hydrogen-bond acceptors (Lipinski definition) is 5. The van der Waals surface area contributed by atoms with Crippen LogP contribution in [0.1, 0.15) is 11.7 Å². The summed E-state index contributed by atoms with van der Waals surface area (Å²) in [4.78, 5) is 12.3. The molecule has 0 radical (unpaired) electrons. The monoisotopic (exact) mass is 381 g/mol. The van der Waals surface area contributed by atoms with Gasteiger partial charge in [-0.15, -0.1) is 0 Å². The quantitative estimate of drug-likeness (QED) is 0.611. The molecule has 0 spiro atoms. The molecule has 1 heterocycles. The average Bonchev–Trinajstić information content (AvgIpc) is 2.98. The second-order valence-electron chi connectivity index (χ2n) is 5.82. The van der Waals surface area contributed by atoms with Crippen LogP contribution in [0, 0.1) is 0 Å². The molecule has 3 aromatic carbocycles. The van der Waals surface area contributed by atoms with E-state index in [1.54, 1.807) is 84.9 Å². The number of rotatable bonds is 6. The molecule has 1 aliphatic heterocycles.